The van der Waals surface area contributed by atoms with Crippen LogP contribution in [0.5, 0.6) is 17.2 Å². The Bertz CT molecular complexity index is 573. The highest BCUT2D eigenvalue weighted by atomic mass is 16.5. The second-order valence-corrected chi connectivity index (χ2v) is 6.21. The highest BCUT2D eigenvalue weighted by Crippen LogP contribution is 2.34. The van der Waals surface area contributed by atoms with Crippen LogP contribution in [-0.2, 0) is 6.42 Å². The number of rotatable bonds is 7. The van der Waals surface area contributed by atoms with E-state index >= 15 is 0 Å². The molecule has 0 aromatic heterocycles. The van der Waals surface area contributed by atoms with Crippen LogP contribution in [0.3, 0.4) is 0 Å². The molecule has 0 amide bonds. The highest BCUT2D eigenvalue weighted by molar-refractivity contribution is 5.80. The number of hydrogen-bond donors (Lipinski definition) is 2. The number of nitrogens with zero attached hydrogens (tertiary/aromatic N) is 2. The molecule has 0 unspecified atom stereocenters. The maximum Gasteiger partial charge on any atom is 0.193 e. The van der Waals surface area contributed by atoms with Crippen molar-refractivity contribution >= 4 is 5.96 Å². The second-order valence-electron chi connectivity index (χ2n) is 6.21. The monoisotopic (exact) mass is 365 g/mol. The molecule has 0 saturated carbocycles. The average Bonchev–Trinajstić information content (AvgIpc) is 2.67. The molecule has 1 heterocycles. The van der Waals surface area contributed by atoms with E-state index in [2.05, 4.69) is 17.1 Å². The lowest BCUT2D eigenvalue weighted by molar-refractivity contribution is 0.108. The standard InChI is InChI=1S/C19H31N3O4/c1-5-20-19(22-10-7-14(23)8-11-22)21-9-6-16-17(25-3)12-15(24-2)13-18(16)26-4/h12-14,23H,5-11H2,1-4H3,(H,20,21). The average molecular weight is 365 g/mol. The zero-order valence-corrected chi connectivity index (χ0v) is 16.2. The second kappa shape index (κ2) is 10.1. The van der Waals surface area contributed by atoms with E-state index in [1.165, 1.54) is 0 Å². The van der Waals surface area contributed by atoms with Gasteiger partial charge in [-0.25, -0.2) is 0 Å². The number of benzene rings is 1. The maximum atomic E-state index is 9.70. The maximum absolute atomic E-state index is 9.70. The van der Waals surface area contributed by atoms with Crippen LogP contribution in [0.15, 0.2) is 17.1 Å². The summed E-state index contributed by atoms with van der Waals surface area (Å²) in [6.07, 6.45) is 2.07. The van der Waals surface area contributed by atoms with Crippen LogP contribution in [0.25, 0.3) is 0 Å². The van der Waals surface area contributed by atoms with Crippen molar-refractivity contribution < 1.29 is 19.3 Å². The minimum absolute atomic E-state index is 0.193. The third-order valence-corrected chi connectivity index (χ3v) is 4.54. The normalized spacial score (nSPS) is 15.7. The van der Waals surface area contributed by atoms with Gasteiger partial charge in [-0.1, -0.05) is 0 Å². The van der Waals surface area contributed by atoms with Crippen LogP contribution >= 0.6 is 0 Å². The van der Waals surface area contributed by atoms with Crippen molar-refractivity contribution in [3.05, 3.63) is 17.7 Å². The first-order chi connectivity index (χ1) is 12.6. The van der Waals surface area contributed by atoms with E-state index in [1.54, 1.807) is 21.3 Å². The third-order valence-electron chi connectivity index (χ3n) is 4.54. The molecule has 0 atom stereocenters. The smallest absolute Gasteiger partial charge is 0.193 e. The summed E-state index contributed by atoms with van der Waals surface area (Å²) in [7, 11) is 4.91. The number of aliphatic imine (C=N–C) groups is 1. The Labute approximate surface area is 156 Å². The van der Waals surface area contributed by atoms with E-state index < -0.39 is 0 Å². The van der Waals surface area contributed by atoms with Gasteiger partial charge in [-0.15, -0.1) is 0 Å². The fraction of sp³-hybridized carbons (Fsp3) is 0.632. The Kier molecular flexibility index (Phi) is 7.84. The summed E-state index contributed by atoms with van der Waals surface area (Å²) in [5, 5.41) is 13.0. The first-order valence-electron chi connectivity index (χ1n) is 9.13. The Morgan fingerprint density at radius 1 is 1.15 bits per heavy atom. The van der Waals surface area contributed by atoms with Crippen LogP contribution < -0.4 is 19.5 Å². The number of aliphatic hydroxyl groups is 1. The van der Waals surface area contributed by atoms with Crippen molar-refractivity contribution in [1.29, 1.82) is 0 Å². The highest BCUT2D eigenvalue weighted by Gasteiger charge is 2.20. The molecule has 0 aliphatic carbocycles. The number of hydrogen-bond acceptors (Lipinski definition) is 5. The summed E-state index contributed by atoms with van der Waals surface area (Å²) in [6, 6.07) is 3.72. The van der Waals surface area contributed by atoms with Gasteiger partial charge in [0.15, 0.2) is 5.96 Å². The van der Waals surface area contributed by atoms with Gasteiger partial charge in [0, 0.05) is 43.9 Å². The predicted octanol–water partition coefficient (Wildman–Crippen LogP) is 1.68. The van der Waals surface area contributed by atoms with Crippen molar-refractivity contribution in [1.82, 2.24) is 10.2 Å². The molecule has 1 aliphatic rings. The van der Waals surface area contributed by atoms with E-state index in [-0.39, 0.29) is 6.10 Å². The molecule has 0 spiro atoms. The molecule has 7 heteroatoms. The van der Waals surface area contributed by atoms with Crippen LogP contribution in [0.4, 0.5) is 0 Å². The van der Waals surface area contributed by atoms with Crippen LogP contribution in [0, 0.1) is 0 Å². The summed E-state index contributed by atoms with van der Waals surface area (Å²) < 4.78 is 16.3. The largest absolute Gasteiger partial charge is 0.496 e. The number of aliphatic hydroxyl groups excluding tert-OH is 1. The zero-order chi connectivity index (χ0) is 18.9. The molecule has 0 bridgehead atoms. The molecule has 7 nitrogen and oxygen atoms in total. The van der Waals surface area contributed by atoms with Gasteiger partial charge >= 0.3 is 0 Å². The molecule has 0 radical (unpaired) electrons. The van der Waals surface area contributed by atoms with Crippen molar-refractivity contribution in [2.45, 2.75) is 32.3 Å². The fourth-order valence-corrected chi connectivity index (χ4v) is 3.10. The Balaban J connectivity index is 2.11. The van der Waals surface area contributed by atoms with E-state index in [1.807, 2.05) is 12.1 Å². The van der Waals surface area contributed by atoms with Gasteiger partial charge in [0.25, 0.3) is 0 Å². The fourth-order valence-electron chi connectivity index (χ4n) is 3.10. The summed E-state index contributed by atoms with van der Waals surface area (Å²) in [6.45, 7) is 5.13. The molecule has 2 N–H and O–H groups in total. The van der Waals surface area contributed by atoms with E-state index in [0.29, 0.717) is 18.7 Å². The lowest BCUT2D eigenvalue weighted by Gasteiger charge is -2.32. The summed E-state index contributed by atoms with van der Waals surface area (Å²) in [5.74, 6) is 3.07. The molecule has 146 valence electrons. The first kappa shape index (κ1) is 20.2. The minimum Gasteiger partial charge on any atom is -0.496 e. The Hall–Kier alpha value is -2.15. The van der Waals surface area contributed by atoms with Crippen LogP contribution in [0.1, 0.15) is 25.3 Å². The van der Waals surface area contributed by atoms with Crippen molar-refractivity contribution in [2.24, 2.45) is 4.99 Å². The van der Waals surface area contributed by atoms with Gasteiger partial charge in [-0.3, -0.25) is 4.99 Å². The van der Waals surface area contributed by atoms with Gasteiger partial charge in [0.05, 0.1) is 27.4 Å². The molecule has 1 aromatic rings. The SMILES string of the molecule is CCNC(=NCCc1c(OC)cc(OC)cc1OC)N1CCC(O)CC1. The molecular weight excluding hydrogens is 334 g/mol. The first-order valence-corrected chi connectivity index (χ1v) is 9.13. The molecule has 1 aromatic carbocycles. The van der Waals surface area contributed by atoms with Gasteiger partial charge in [-0.05, 0) is 26.2 Å². The third kappa shape index (κ3) is 5.17. The predicted molar refractivity (Wildman–Crippen MR) is 103 cm³/mol. The van der Waals surface area contributed by atoms with Crippen molar-refractivity contribution in [3.8, 4) is 17.2 Å². The molecule has 26 heavy (non-hydrogen) atoms. The quantitative estimate of drug-likeness (QED) is 0.566. The number of guanidine groups is 1. The number of ether oxygens (including phenoxy) is 3. The number of piperidine rings is 1. The molecule has 1 aliphatic heterocycles. The van der Waals surface area contributed by atoms with E-state index in [4.69, 9.17) is 19.2 Å². The summed E-state index contributed by atoms with van der Waals surface area (Å²) >= 11 is 0. The van der Waals surface area contributed by atoms with Gasteiger partial charge in [0.2, 0.25) is 0 Å². The molecule has 2 rings (SSSR count). The molecule has 1 fully saturated rings. The summed E-state index contributed by atoms with van der Waals surface area (Å²) in [4.78, 5) is 6.97. The van der Waals surface area contributed by atoms with Crippen molar-refractivity contribution in [3.63, 3.8) is 0 Å². The lowest BCUT2D eigenvalue weighted by atomic mass is 10.1. The molecular formula is C19H31N3O4. The number of nitrogens with one attached hydrogen (secondary N) is 1. The molecule has 1 saturated heterocycles. The lowest BCUT2D eigenvalue weighted by Crippen LogP contribution is -2.46. The number of likely N-dealkylation sites (tertiary alicyclic amines) is 1. The van der Waals surface area contributed by atoms with Gasteiger partial charge in [0.1, 0.15) is 17.2 Å². The minimum atomic E-state index is -0.193. The number of methoxy groups -OCH3 is 3. The Morgan fingerprint density at radius 3 is 2.27 bits per heavy atom. The van der Waals surface area contributed by atoms with E-state index in [9.17, 15) is 5.11 Å². The summed E-state index contributed by atoms with van der Waals surface area (Å²) in [5.41, 5.74) is 0.976. The van der Waals surface area contributed by atoms with Gasteiger partial charge < -0.3 is 29.5 Å². The van der Waals surface area contributed by atoms with E-state index in [0.717, 1.165) is 55.5 Å². The van der Waals surface area contributed by atoms with Crippen molar-refractivity contribution in [2.75, 3.05) is 47.5 Å². The zero-order valence-electron chi connectivity index (χ0n) is 16.2. The topological polar surface area (TPSA) is 75.6 Å². The van der Waals surface area contributed by atoms with Gasteiger partial charge in [-0.2, -0.15) is 0 Å². The Morgan fingerprint density at radius 2 is 1.77 bits per heavy atom. The van der Waals surface area contributed by atoms with Crippen LogP contribution in [-0.4, -0.2) is 69.6 Å². The van der Waals surface area contributed by atoms with Crippen LogP contribution in [0.2, 0.25) is 0 Å².